The number of amides is 1. The van der Waals surface area contributed by atoms with E-state index < -0.39 is 0 Å². The quantitative estimate of drug-likeness (QED) is 0.695. The summed E-state index contributed by atoms with van der Waals surface area (Å²) in [5.74, 6) is -0.184. The molecule has 4 rings (SSSR count). The molecule has 7 nitrogen and oxygen atoms in total. The third-order valence-corrected chi connectivity index (χ3v) is 5.37. The summed E-state index contributed by atoms with van der Waals surface area (Å²) in [6.45, 7) is 5.61. The Labute approximate surface area is 176 Å². The molecule has 7 heteroatoms. The SMILES string of the molecule is Cc1cc(C)cc(NC(=O)c2cncc(-c3cncnc3)c2N2CCC(N)CC2)c1. The number of benzene rings is 1. The minimum atomic E-state index is -0.184. The number of rotatable bonds is 4. The fraction of sp³-hybridized carbons (Fsp3) is 0.304. The highest BCUT2D eigenvalue weighted by Crippen LogP contribution is 2.34. The second-order valence-electron chi connectivity index (χ2n) is 7.87. The van der Waals surface area contributed by atoms with Crippen LogP contribution in [0.4, 0.5) is 11.4 Å². The van der Waals surface area contributed by atoms with E-state index in [1.807, 2.05) is 26.0 Å². The van der Waals surface area contributed by atoms with Crippen molar-refractivity contribution in [2.45, 2.75) is 32.7 Å². The van der Waals surface area contributed by atoms with E-state index in [1.54, 1.807) is 24.8 Å². The predicted molar refractivity (Wildman–Crippen MR) is 119 cm³/mol. The lowest BCUT2D eigenvalue weighted by molar-refractivity contribution is 0.102. The van der Waals surface area contributed by atoms with Crippen molar-refractivity contribution in [1.82, 2.24) is 15.0 Å². The van der Waals surface area contributed by atoms with E-state index in [4.69, 9.17) is 5.73 Å². The highest BCUT2D eigenvalue weighted by atomic mass is 16.1. The zero-order valence-corrected chi connectivity index (χ0v) is 17.3. The molecular formula is C23H26N6O. The zero-order chi connectivity index (χ0) is 21.1. The number of hydrogen-bond acceptors (Lipinski definition) is 6. The zero-order valence-electron chi connectivity index (χ0n) is 17.3. The molecule has 1 aliphatic heterocycles. The average Bonchev–Trinajstić information content (AvgIpc) is 2.74. The standard InChI is InChI=1S/C23H26N6O/c1-15-7-16(2)9-19(8-15)28-23(30)21-13-25-12-20(17-10-26-14-27-11-17)22(21)29-5-3-18(24)4-6-29/h7-14,18H,3-6,24H2,1-2H3,(H,28,30). The maximum absolute atomic E-state index is 13.3. The number of nitrogens with one attached hydrogen (secondary N) is 1. The highest BCUT2D eigenvalue weighted by molar-refractivity contribution is 6.10. The Hall–Kier alpha value is -3.32. The molecule has 0 saturated carbocycles. The molecule has 0 unspecified atom stereocenters. The van der Waals surface area contributed by atoms with Gasteiger partial charge in [0.25, 0.3) is 5.91 Å². The molecule has 0 aliphatic carbocycles. The summed E-state index contributed by atoms with van der Waals surface area (Å²) in [7, 11) is 0. The third-order valence-electron chi connectivity index (χ3n) is 5.37. The van der Waals surface area contributed by atoms with Crippen LogP contribution in [0.25, 0.3) is 11.1 Å². The fourth-order valence-corrected chi connectivity index (χ4v) is 3.98. The highest BCUT2D eigenvalue weighted by Gasteiger charge is 2.25. The lowest BCUT2D eigenvalue weighted by Gasteiger charge is -2.34. The fourth-order valence-electron chi connectivity index (χ4n) is 3.98. The van der Waals surface area contributed by atoms with Gasteiger partial charge in [-0.15, -0.1) is 0 Å². The van der Waals surface area contributed by atoms with Gasteiger partial charge in [-0.2, -0.15) is 0 Å². The smallest absolute Gasteiger partial charge is 0.259 e. The molecule has 154 valence electrons. The van der Waals surface area contributed by atoms with Gasteiger partial charge in [-0.05, 0) is 49.9 Å². The number of nitrogens with zero attached hydrogens (tertiary/aromatic N) is 4. The molecule has 3 aromatic rings. The first-order valence-corrected chi connectivity index (χ1v) is 10.1. The average molecular weight is 403 g/mol. The number of aromatic nitrogens is 3. The molecule has 0 atom stereocenters. The molecule has 3 heterocycles. The van der Waals surface area contributed by atoms with Crippen molar-refractivity contribution in [3.63, 3.8) is 0 Å². The molecule has 3 N–H and O–H groups in total. The molecule has 1 saturated heterocycles. The Morgan fingerprint density at radius 3 is 2.33 bits per heavy atom. The Bertz CT molecular complexity index is 1020. The number of aryl methyl sites for hydroxylation is 2. The summed E-state index contributed by atoms with van der Waals surface area (Å²) in [6.07, 6.45) is 10.2. The van der Waals surface area contributed by atoms with Crippen LogP contribution in [0.2, 0.25) is 0 Å². The Morgan fingerprint density at radius 2 is 1.67 bits per heavy atom. The summed E-state index contributed by atoms with van der Waals surface area (Å²) in [5, 5.41) is 3.05. The van der Waals surface area contributed by atoms with Crippen LogP contribution in [0.5, 0.6) is 0 Å². The first kappa shape index (κ1) is 20.0. The number of hydrogen-bond donors (Lipinski definition) is 2. The predicted octanol–water partition coefficient (Wildman–Crippen LogP) is 3.34. The van der Waals surface area contributed by atoms with Crippen LogP contribution in [0.3, 0.4) is 0 Å². The maximum atomic E-state index is 13.3. The topological polar surface area (TPSA) is 97.0 Å². The van der Waals surface area contributed by atoms with Crippen molar-refractivity contribution in [2.24, 2.45) is 5.73 Å². The van der Waals surface area contributed by atoms with Gasteiger partial charge in [0.05, 0.1) is 11.3 Å². The van der Waals surface area contributed by atoms with Crippen molar-refractivity contribution < 1.29 is 4.79 Å². The van der Waals surface area contributed by atoms with E-state index in [1.165, 1.54) is 6.33 Å². The molecule has 30 heavy (non-hydrogen) atoms. The van der Waals surface area contributed by atoms with Gasteiger partial charge in [0.15, 0.2) is 0 Å². The molecule has 1 amide bonds. The number of pyridine rings is 1. The van der Waals surface area contributed by atoms with Crippen molar-refractivity contribution >= 4 is 17.3 Å². The molecular weight excluding hydrogens is 376 g/mol. The lowest BCUT2D eigenvalue weighted by atomic mass is 9.99. The van der Waals surface area contributed by atoms with Gasteiger partial charge in [-0.3, -0.25) is 9.78 Å². The summed E-state index contributed by atoms with van der Waals surface area (Å²) < 4.78 is 0. The van der Waals surface area contributed by atoms with Crippen LogP contribution in [0.1, 0.15) is 34.3 Å². The van der Waals surface area contributed by atoms with E-state index in [2.05, 4.69) is 31.2 Å². The number of nitrogens with two attached hydrogens (primary N) is 1. The van der Waals surface area contributed by atoms with E-state index in [9.17, 15) is 4.79 Å². The summed E-state index contributed by atoms with van der Waals surface area (Å²) in [5.41, 5.74) is 12.2. The molecule has 0 bridgehead atoms. The minimum absolute atomic E-state index is 0.184. The van der Waals surface area contributed by atoms with Crippen LogP contribution in [-0.4, -0.2) is 40.0 Å². The van der Waals surface area contributed by atoms with Gasteiger partial charge in [0, 0.05) is 60.7 Å². The second-order valence-corrected chi connectivity index (χ2v) is 7.87. The monoisotopic (exact) mass is 402 g/mol. The summed E-state index contributed by atoms with van der Waals surface area (Å²) in [4.78, 5) is 28.2. The summed E-state index contributed by atoms with van der Waals surface area (Å²) in [6, 6.07) is 6.20. The molecule has 1 fully saturated rings. The van der Waals surface area contributed by atoms with Crippen LogP contribution in [0, 0.1) is 13.8 Å². The molecule has 1 aliphatic rings. The van der Waals surface area contributed by atoms with Gasteiger partial charge >= 0.3 is 0 Å². The van der Waals surface area contributed by atoms with Gasteiger partial charge in [0.2, 0.25) is 0 Å². The van der Waals surface area contributed by atoms with Crippen LogP contribution >= 0.6 is 0 Å². The molecule has 2 aromatic heterocycles. The number of piperidine rings is 1. The first-order chi connectivity index (χ1) is 14.5. The van der Waals surface area contributed by atoms with Crippen LogP contribution in [-0.2, 0) is 0 Å². The summed E-state index contributed by atoms with van der Waals surface area (Å²) >= 11 is 0. The largest absolute Gasteiger partial charge is 0.370 e. The van der Waals surface area contributed by atoms with Gasteiger partial charge in [-0.1, -0.05) is 6.07 Å². The van der Waals surface area contributed by atoms with E-state index in [-0.39, 0.29) is 11.9 Å². The van der Waals surface area contributed by atoms with Gasteiger partial charge in [-0.25, -0.2) is 9.97 Å². The van der Waals surface area contributed by atoms with Crippen molar-refractivity contribution in [3.05, 3.63) is 66.0 Å². The minimum Gasteiger partial charge on any atom is -0.370 e. The first-order valence-electron chi connectivity index (χ1n) is 10.1. The van der Waals surface area contributed by atoms with Gasteiger partial charge in [0.1, 0.15) is 6.33 Å². The van der Waals surface area contributed by atoms with E-state index >= 15 is 0 Å². The van der Waals surface area contributed by atoms with Gasteiger partial charge < -0.3 is 16.0 Å². The van der Waals surface area contributed by atoms with Crippen molar-refractivity contribution in [1.29, 1.82) is 0 Å². The second kappa shape index (κ2) is 8.59. The number of carbonyl (C=O) groups is 1. The number of anilines is 2. The Kier molecular flexibility index (Phi) is 5.72. The lowest BCUT2D eigenvalue weighted by Crippen LogP contribution is -2.40. The van der Waals surface area contributed by atoms with Crippen molar-refractivity contribution in [2.75, 3.05) is 23.3 Å². The molecule has 1 aromatic carbocycles. The third kappa shape index (κ3) is 4.31. The Morgan fingerprint density at radius 1 is 1.00 bits per heavy atom. The number of carbonyl (C=O) groups excluding carboxylic acids is 1. The van der Waals surface area contributed by atoms with Crippen molar-refractivity contribution in [3.8, 4) is 11.1 Å². The maximum Gasteiger partial charge on any atom is 0.259 e. The molecule has 0 spiro atoms. The normalized spacial score (nSPS) is 14.6. The molecule has 0 radical (unpaired) electrons. The van der Waals surface area contributed by atoms with Crippen LogP contribution in [0.15, 0.2) is 49.3 Å². The van der Waals surface area contributed by atoms with E-state index in [0.717, 1.165) is 59.6 Å². The van der Waals surface area contributed by atoms with Crippen LogP contribution < -0.4 is 16.0 Å². The Balaban J connectivity index is 1.75. The van der Waals surface area contributed by atoms with E-state index in [0.29, 0.717) is 5.56 Å².